The van der Waals surface area contributed by atoms with E-state index >= 15 is 0 Å². The molecule has 0 atom stereocenters. The highest BCUT2D eigenvalue weighted by Crippen LogP contribution is 2.24. The average Bonchev–Trinajstić information content (AvgIpc) is 3.02. The quantitative estimate of drug-likeness (QED) is 0.679. The van der Waals surface area contributed by atoms with E-state index in [1.807, 2.05) is 6.07 Å². The molecule has 1 aromatic heterocycles. The molecule has 3 heteroatoms. The lowest BCUT2D eigenvalue weighted by molar-refractivity contribution is -0.136. The fraction of sp³-hybridized carbons (Fsp3) is 0.227. The van der Waals surface area contributed by atoms with Crippen molar-refractivity contribution in [3.8, 4) is 11.3 Å². The van der Waals surface area contributed by atoms with Gasteiger partial charge in [-0.3, -0.25) is 4.79 Å². The fourth-order valence-corrected chi connectivity index (χ4v) is 3.09. The number of hydrogen-bond acceptors (Lipinski definition) is 1. The Balaban J connectivity index is 1.88. The first-order valence-corrected chi connectivity index (χ1v) is 8.64. The van der Waals surface area contributed by atoms with Crippen LogP contribution in [-0.4, -0.2) is 15.6 Å². The SMILES string of the molecule is Cc1ccc(-c2ccc(CCC(=O)O)n2CCc2ccccc2)cc1. The van der Waals surface area contributed by atoms with Gasteiger partial charge in [-0.25, -0.2) is 0 Å². The van der Waals surface area contributed by atoms with Crippen LogP contribution in [0.25, 0.3) is 11.3 Å². The lowest BCUT2D eigenvalue weighted by Crippen LogP contribution is -2.09. The number of carboxylic acids is 1. The second-order valence-electron chi connectivity index (χ2n) is 6.36. The summed E-state index contributed by atoms with van der Waals surface area (Å²) in [7, 11) is 0. The topological polar surface area (TPSA) is 42.2 Å². The Morgan fingerprint density at radius 1 is 0.920 bits per heavy atom. The monoisotopic (exact) mass is 333 g/mol. The molecule has 0 amide bonds. The van der Waals surface area contributed by atoms with Crippen LogP contribution in [0.3, 0.4) is 0 Å². The minimum absolute atomic E-state index is 0.155. The Bertz CT molecular complexity index is 832. The molecule has 0 fully saturated rings. The number of aromatic nitrogens is 1. The highest BCUT2D eigenvalue weighted by atomic mass is 16.4. The molecule has 1 N–H and O–H groups in total. The maximum atomic E-state index is 11.0. The molecule has 0 bridgehead atoms. The van der Waals surface area contributed by atoms with E-state index < -0.39 is 5.97 Å². The lowest BCUT2D eigenvalue weighted by atomic mass is 10.1. The molecule has 0 aliphatic rings. The summed E-state index contributed by atoms with van der Waals surface area (Å²) in [6.45, 7) is 2.92. The molecule has 0 radical (unpaired) electrons. The molecule has 2 aromatic carbocycles. The molecule has 0 spiro atoms. The maximum Gasteiger partial charge on any atom is 0.303 e. The van der Waals surface area contributed by atoms with Gasteiger partial charge >= 0.3 is 5.97 Å². The number of aliphatic carboxylic acids is 1. The summed E-state index contributed by atoms with van der Waals surface area (Å²) in [4.78, 5) is 11.0. The molecule has 3 nitrogen and oxygen atoms in total. The lowest BCUT2D eigenvalue weighted by Gasteiger charge is -2.14. The first-order valence-electron chi connectivity index (χ1n) is 8.64. The zero-order chi connectivity index (χ0) is 17.6. The third-order valence-corrected chi connectivity index (χ3v) is 4.48. The summed E-state index contributed by atoms with van der Waals surface area (Å²) in [5, 5.41) is 9.02. The maximum absolute atomic E-state index is 11.0. The number of nitrogens with zero attached hydrogens (tertiary/aromatic N) is 1. The van der Waals surface area contributed by atoms with E-state index in [0.717, 1.165) is 24.4 Å². The fourth-order valence-electron chi connectivity index (χ4n) is 3.09. The van der Waals surface area contributed by atoms with E-state index in [4.69, 9.17) is 5.11 Å². The van der Waals surface area contributed by atoms with Gasteiger partial charge in [0.05, 0.1) is 6.42 Å². The van der Waals surface area contributed by atoms with Crippen molar-refractivity contribution in [1.82, 2.24) is 4.57 Å². The number of carboxylic acid groups (broad SMARTS) is 1. The summed E-state index contributed by atoms with van der Waals surface area (Å²) in [5.74, 6) is -0.757. The Kier molecular flexibility index (Phi) is 5.34. The Morgan fingerprint density at radius 3 is 2.32 bits per heavy atom. The molecule has 0 aliphatic heterocycles. The van der Waals surface area contributed by atoms with Gasteiger partial charge in [-0.1, -0.05) is 60.2 Å². The zero-order valence-corrected chi connectivity index (χ0v) is 14.5. The number of aryl methyl sites for hydroxylation is 3. The average molecular weight is 333 g/mol. The van der Waals surface area contributed by atoms with E-state index in [1.54, 1.807) is 0 Å². The third-order valence-electron chi connectivity index (χ3n) is 4.48. The van der Waals surface area contributed by atoms with Gasteiger partial charge in [-0.15, -0.1) is 0 Å². The van der Waals surface area contributed by atoms with Gasteiger partial charge in [0.15, 0.2) is 0 Å². The van der Waals surface area contributed by atoms with Gasteiger partial charge in [0, 0.05) is 17.9 Å². The van der Waals surface area contributed by atoms with Crippen molar-refractivity contribution in [2.75, 3.05) is 0 Å². The molecule has 3 rings (SSSR count). The standard InChI is InChI=1S/C22H23NO2/c1-17-7-9-19(10-8-17)21-13-11-20(12-14-22(24)25)23(21)16-15-18-5-3-2-4-6-18/h2-11,13H,12,14-16H2,1H3,(H,24,25). The van der Waals surface area contributed by atoms with Crippen LogP contribution in [0.1, 0.15) is 23.2 Å². The Morgan fingerprint density at radius 2 is 1.64 bits per heavy atom. The van der Waals surface area contributed by atoms with Crippen LogP contribution in [0.5, 0.6) is 0 Å². The van der Waals surface area contributed by atoms with Crippen LogP contribution in [-0.2, 0) is 24.2 Å². The van der Waals surface area contributed by atoms with Gasteiger partial charge in [0.25, 0.3) is 0 Å². The largest absolute Gasteiger partial charge is 0.481 e. The van der Waals surface area contributed by atoms with E-state index in [9.17, 15) is 4.79 Å². The zero-order valence-electron chi connectivity index (χ0n) is 14.5. The highest BCUT2D eigenvalue weighted by Gasteiger charge is 2.11. The van der Waals surface area contributed by atoms with E-state index in [2.05, 4.69) is 72.2 Å². The normalized spacial score (nSPS) is 10.8. The van der Waals surface area contributed by atoms with Crippen molar-refractivity contribution < 1.29 is 9.90 Å². The van der Waals surface area contributed by atoms with Crippen LogP contribution in [0, 0.1) is 6.92 Å². The number of hydrogen-bond donors (Lipinski definition) is 1. The Labute approximate surface area is 148 Å². The number of rotatable bonds is 7. The number of benzene rings is 2. The summed E-state index contributed by atoms with van der Waals surface area (Å²) in [6.07, 6.45) is 1.63. The molecule has 0 aliphatic carbocycles. The second kappa shape index (κ2) is 7.84. The van der Waals surface area contributed by atoms with Gasteiger partial charge < -0.3 is 9.67 Å². The molecule has 128 valence electrons. The van der Waals surface area contributed by atoms with Crippen molar-refractivity contribution in [1.29, 1.82) is 0 Å². The van der Waals surface area contributed by atoms with Crippen LogP contribution < -0.4 is 0 Å². The van der Waals surface area contributed by atoms with E-state index in [0.29, 0.717) is 6.42 Å². The molecular weight excluding hydrogens is 310 g/mol. The molecule has 1 heterocycles. The van der Waals surface area contributed by atoms with Crippen molar-refractivity contribution in [2.24, 2.45) is 0 Å². The first-order chi connectivity index (χ1) is 12.1. The summed E-state index contributed by atoms with van der Waals surface area (Å²) in [6, 6.07) is 23.0. The minimum Gasteiger partial charge on any atom is -0.481 e. The van der Waals surface area contributed by atoms with E-state index in [-0.39, 0.29) is 6.42 Å². The van der Waals surface area contributed by atoms with Crippen molar-refractivity contribution >= 4 is 5.97 Å². The van der Waals surface area contributed by atoms with Gasteiger partial charge in [-0.2, -0.15) is 0 Å². The van der Waals surface area contributed by atoms with Gasteiger partial charge in [0.2, 0.25) is 0 Å². The van der Waals surface area contributed by atoms with Gasteiger partial charge in [0.1, 0.15) is 0 Å². The molecule has 0 saturated carbocycles. The van der Waals surface area contributed by atoms with Crippen molar-refractivity contribution in [3.05, 3.63) is 83.6 Å². The second-order valence-corrected chi connectivity index (χ2v) is 6.36. The van der Waals surface area contributed by atoms with Crippen LogP contribution in [0.4, 0.5) is 0 Å². The summed E-state index contributed by atoms with van der Waals surface area (Å²) in [5.41, 5.74) is 5.91. The summed E-state index contributed by atoms with van der Waals surface area (Å²) < 4.78 is 2.26. The summed E-state index contributed by atoms with van der Waals surface area (Å²) >= 11 is 0. The third kappa shape index (κ3) is 4.38. The molecule has 25 heavy (non-hydrogen) atoms. The Hall–Kier alpha value is -2.81. The molecule has 0 saturated heterocycles. The van der Waals surface area contributed by atoms with Crippen LogP contribution >= 0.6 is 0 Å². The van der Waals surface area contributed by atoms with Crippen molar-refractivity contribution in [3.63, 3.8) is 0 Å². The first kappa shape index (κ1) is 17.0. The van der Waals surface area contributed by atoms with Crippen LogP contribution in [0.2, 0.25) is 0 Å². The van der Waals surface area contributed by atoms with Crippen molar-refractivity contribution in [2.45, 2.75) is 32.7 Å². The highest BCUT2D eigenvalue weighted by molar-refractivity contribution is 5.67. The minimum atomic E-state index is -0.757. The predicted molar refractivity (Wildman–Crippen MR) is 101 cm³/mol. The van der Waals surface area contributed by atoms with Gasteiger partial charge in [-0.05, 0) is 43.0 Å². The predicted octanol–water partition coefficient (Wildman–Crippen LogP) is 4.72. The van der Waals surface area contributed by atoms with E-state index in [1.165, 1.54) is 16.7 Å². The molecular formula is C22H23NO2. The number of carbonyl (C=O) groups is 1. The molecule has 3 aromatic rings. The van der Waals surface area contributed by atoms with Crippen LogP contribution in [0.15, 0.2) is 66.7 Å². The molecule has 0 unspecified atom stereocenters. The smallest absolute Gasteiger partial charge is 0.303 e.